The maximum Gasteiger partial charge on any atom is 0.235 e. The Morgan fingerprint density at radius 3 is 2.56 bits per heavy atom. The summed E-state index contributed by atoms with van der Waals surface area (Å²) in [6, 6.07) is 2.39. The maximum absolute atomic E-state index is 6.19. The smallest absolute Gasteiger partial charge is 0.235 e. The molecule has 0 saturated heterocycles. The fraction of sp³-hybridized carbons (Fsp3) is 0.435. The highest BCUT2D eigenvalue weighted by Gasteiger charge is 2.27. The summed E-state index contributed by atoms with van der Waals surface area (Å²) in [4.78, 5) is 13.4. The van der Waals surface area contributed by atoms with E-state index < -0.39 is 0 Å². The third-order valence-corrected chi connectivity index (χ3v) is 6.12. The molecule has 0 aliphatic heterocycles. The third-order valence-electron chi connectivity index (χ3n) is 6.12. The number of rotatable bonds is 5. The van der Waals surface area contributed by atoms with Crippen LogP contribution in [0.5, 0.6) is 5.88 Å². The SMILES string of the molecule is CNc1cc2c(cn1)c(-c1cnn(C)c1)nn2C1CCC(Oc2ncc(C)nc2C)CC1. The van der Waals surface area contributed by atoms with Crippen molar-refractivity contribution in [3.05, 3.63) is 42.2 Å². The average Bonchev–Trinajstić information content (AvgIpc) is 3.39. The maximum atomic E-state index is 6.19. The number of hydrogen-bond acceptors (Lipinski definition) is 7. The van der Waals surface area contributed by atoms with Crippen molar-refractivity contribution in [2.24, 2.45) is 7.05 Å². The van der Waals surface area contributed by atoms with Gasteiger partial charge in [0.1, 0.15) is 17.6 Å². The summed E-state index contributed by atoms with van der Waals surface area (Å²) in [5, 5.41) is 13.5. The van der Waals surface area contributed by atoms with Gasteiger partial charge in [0.05, 0.1) is 35.3 Å². The molecule has 0 amide bonds. The van der Waals surface area contributed by atoms with E-state index in [9.17, 15) is 0 Å². The van der Waals surface area contributed by atoms with Crippen LogP contribution in [0.15, 0.2) is 30.9 Å². The van der Waals surface area contributed by atoms with Gasteiger partial charge in [-0.15, -0.1) is 0 Å². The highest BCUT2D eigenvalue weighted by molar-refractivity contribution is 5.93. The van der Waals surface area contributed by atoms with E-state index >= 15 is 0 Å². The molecule has 1 aliphatic carbocycles. The van der Waals surface area contributed by atoms with Gasteiger partial charge in [-0.1, -0.05) is 0 Å². The first-order chi connectivity index (χ1) is 15.5. The summed E-state index contributed by atoms with van der Waals surface area (Å²) >= 11 is 0. The summed E-state index contributed by atoms with van der Waals surface area (Å²) in [7, 11) is 3.80. The van der Waals surface area contributed by atoms with Crippen molar-refractivity contribution in [1.82, 2.24) is 34.5 Å². The summed E-state index contributed by atoms with van der Waals surface area (Å²) in [5.41, 5.74) is 4.77. The van der Waals surface area contributed by atoms with E-state index in [2.05, 4.69) is 36.1 Å². The van der Waals surface area contributed by atoms with Gasteiger partial charge in [0.15, 0.2) is 0 Å². The monoisotopic (exact) mass is 432 g/mol. The number of hydrogen-bond donors (Lipinski definition) is 1. The van der Waals surface area contributed by atoms with Crippen LogP contribution in [0.3, 0.4) is 0 Å². The van der Waals surface area contributed by atoms with Crippen LogP contribution < -0.4 is 10.1 Å². The molecular formula is C23H28N8O. The van der Waals surface area contributed by atoms with E-state index in [-0.39, 0.29) is 6.10 Å². The van der Waals surface area contributed by atoms with Crippen LogP contribution in [0.1, 0.15) is 43.1 Å². The third kappa shape index (κ3) is 3.79. The zero-order valence-corrected chi connectivity index (χ0v) is 18.9. The minimum atomic E-state index is 0.149. The van der Waals surface area contributed by atoms with Crippen molar-refractivity contribution in [3.63, 3.8) is 0 Å². The largest absolute Gasteiger partial charge is 0.473 e. The molecule has 0 spiro atoms. The number of aryl methyl sites for hydroxylation is 3. The Morgan fingerprint density at radius 1 is 1.06 bits per heavy atom. The molecule has 4 heterocycles. The number of fused-ring (bicyclic) bond motifs is 1. The molecule has 4 aromatic rings. The van der Waals surface area contributed by atoms with Crippen molar-refractivity contribution in [1.29, 1.82) is 0 Å². The van der Waals surface area contributed by atoms with Crippen molar-refractivity contribution in [3.8, 4) is 17.1 Å². The molecule has 5 rings (SSSR count). The Morgan fingerprint density at radius 2 is 1.88 bits per heavy atom. The molecule has 166 valence electrons. The van der Waals surface area contributed by atoms with Gasteiger partial charge in [-0.25, -0.2) is 9.97 Å². The minimum Gasteiger partial charge on any atom is -0.473 e. The first-order valence-corrected chi connectivity index (χ1v) is 11.0. The number of aromatic nitrogens is 7. The molecule has 1 saturated carbocycles. The van der Waals surface area contributed by atoms with Crippen LogP contribution in [-0.4, -0.2) is 47.7 Å². The minimum absolute atomic E-state index is 0.149. The molecule has 32 heavy (non-hydrogen) atoms. The normalized spacial score (nSPS) is 18.8. The number of pyridine rings is 1. The van der Waals surface area contributed by atoms with Crippen molar-refractivity contribution in [2.45, 2.75) is 51.7 Å². The molecule has 1 N–H and O–H groups in total. The molecule has 0 radical (unpaired) electrons. The Labute approximate surface area is 186 Å². The Bertz CT molecular complexity index is 1250. The lowest BCUT2D eigenvalue weighted by Crippen LogP contribution is -2.27. The second-order valence-electron chi connectivity index (χ2n) is 8.48. The Kier molecular flexibility index (Phi) is 5.24. The second kappa shape index (κ2) is 8.22. The van der Waals surface area contributed by atoms with Crippen LogP contribution in [0, 0.1) is 13.8 Å². The standard InChI is InChI=1S/C23H28N8O/c1-14-10-26-23(15(2)28-14)32-18-7-5-17(6-8-18)31-20-9-21(24-3)25-12-19(20)22(29-31)16-11-27-30(4)13-16/h9-13,17-18H,5-8H2,1-4H3,(H,24,25). The first kappa shape index (κ1) is 20.4. The van der Waals surface area contributed by atoms with E-state index in [4.69, 9.17) is 9.84 Å². The van der Waals surface area contributed by atoms with E-state index in [0.29, 0.717) is 11.9 Å². The highest BCUT2D eigenvalue weighted by Crippen LogP contribution is 2.36. The quantitative estimate of drug-likeness (QED) is 0.512. The van der Waals surface area contributed by atoms with E-state index in [0.717, 1.165) is 65.0 Å². The van der Waals surface area contributed by atoms with Crippen LogP contribution >= 0.6 is 0 Å². The van der Waals surface area contributed by atoms with E-state index in [1.54, 1.807) is 10.9 Å². The highest BCUT2D eigenvalue weighted by atomic mass is 16.5. The van der Waals surface area contributed by atoms with Gasteiger partial charge in [0.2, 0.25) is 5.88 Å². The molecular weight excluding hydrogens is 404 g/mol. The van der Waals surface area contributed by atoms with Crippen LogP contribution in [0.25, 0.3) is 22.2 Å². The summed E-state index contributed by atoms with van der Waals surface area (Å²) < 4.78 is 10.2. The molecule has 0 bridgehead atoms. The van der Waals surface area contributed by atoms with Gasteiger partial charge in [0, 0.05) is 43.5 Å². The van der Waals surface area contributed by atoms with Crippen LogP contribution in [0.4, 0.5) is 5.82 Å². The molecule has 0 aromatic carbocycles. The second-order valence-corrected chi connectivity index (χ2v) is 8.48. The number of nitrogens with one attached hydrogen (secondary N) is 1. The van der Waals surface area contributed by atoms with Crippen LogP contribution in [-0.2, 0) is 7.05 Å². The predicted molar refractivity (Wildman–Crippen MR) is 123 cm³/mol. The molecule has 0 unspecified atom stereocenters. The zero-order valence-electron chi connectivity index (χ0n) is 18.9. The molecule has 4 aromatic heterocycles. The van der Waals surface area contributed by atoms with Gasteiger partial charge in [-0.3, -0.25) is 14.3 Å². The topological polar surface area (TPSA) is 95.6 Å². The summed E-state index contributed by atoms with van der Waals surface area (Å²) in [5.74, 6) is 1.48. The first-order valence-electron chi connectivity index (χ1n) is 11.0. The van der Waals surface area contributed by atoms with Gasteiger partial charge in [-0.2, -0.15) is 10.2 Å². The van der Waals surface area contributed by atoms with Gasteiger partial charge in [-0.05, 0) is 39.5 Å². The molecule has 9 heteroatoms. The predicted octanol–water partition coefficient (Wildman–Crippen LogP) is 3.84. The number of anilines is 1. The number of nitrogens with zero attached hydrogens (tertiary/aromatic N) is 7. The van der Waals surface area contributed by atoms with Crippen molar-refractivity contribution in [2.75, 3.05) is 12.4 Å². The Balaban J connectivity index is 1.40. The lowest BCUT2D eigenvalue weighted by Gasteiger charge is -2.29. The average molecular weight is 433 g/mol. The lowest BCUT2D eigenvalue weighted by atomic mass is 9.93. The zero-order chi connectivity index (χ0) is 22.2. The van der Waals surface area contributed by atoms with Crippen LogP contribution in [0.2, 0.25) is 0 Å². The fourth-order valence-corrected chi connectivity index (χ4v) is 4.47. The summed E-state index contributed by atoms with van der Waals surface area (Å²) in [6.07, 6.45) is 11.5. The van der Waals surface area contributed by atoms with E-state index in [1.165, 1.54) is 0 Å². The Hall–Kier alpha value is -3.49. The number of ether oxygens (including phenoxy) is 1. The molecule has 1 fully saturated rings. The van der Waals surface area contributed by atoms with Crippen molar-refractivity contribution >= 4 is 16.7 Å². The van der Waals surface area contributed by atoms with Gasteiger partial charge in [0.25, 0.3) is 0 Å². The van der Waals surface area contributed by atoms with Crippen molar-refractivity contribution < 1.29 is 4.74 Å². The van der Waals surface area contributed by atoms with E-state index in [1.807, 2.05) is 46.5 Å². The fourth-order valence-electron chi connectivity index (χ4n) is 4.47. The molecule has 1 aliphatic rings. The molecule has 0 atom stereocenters. The molecule has 9 nitrogen and oxygen atoms in total. The summed E-state index contributed by atoms with van der Waals surface area (Å²) in [6.45, 7) is 3.89. The van der Waals surface area contributed by atoms with Gasteiger partial charge < -0.3 is 10.1 Å². The lowest BCUT2D eigenvalue weighted by molar-refractivity contribution is 0.124. The van der Waals surface area contributed by atoms with Gasteiger partial charge >= 0.3 is 0 Å².